The molecular formula is C11H18N2O4S2. The van der Waals surface area contributed by atoms with Gasteiger partial charge < -0.3 is 0 Å². The fourth-order valence-electron chi connectivity index (χ4n) is 1.32. The highest BCUT2D eigenvalue weighted by molar-refractivity contribution is 7.99. The van der Waals surface area contributed by atoms with Gasteiger partial charge in [0, 0.05) is 6.21 Å². The molecule has 0 amide bonds. The molecule has 1 rings (SSSR count). The summed E-state index contributed by atoms with van der Waals surface area (Å²) in [4.78, 5) is -0.242. The maximum atomic E-state index is 12.2. The highest BCUT2D eigenvalue weighted by Gasteiger charge is 2.32. The summed E-state index contributed by atoms with van der Waals surface area (Å²) >= 11 is 0. The van der Waals surface area contributed by atoms with E-state index in [0.29, 0.717) is 0 Å². The van der Waals surface area contributed by atoms with Gasteiger partial charge in [0.05, 0.1) is 10.5 Å². The van der Waals surface area contributed by atoms with E-state index in [1.807, 2.05) is 0 Å². The van der Waals surface area contributed by atoms with Crippen molar-refractivity contribution in [2.24, 2.45) is 5.10 Å². The molecule has 0 atom stereocenters. The summed E-state index contributed by atoms with van der Waals surface area (Å²) in [6, 6.07) is 0. The Morgan fingerprint density at radius 3 is 2.00 bits per heavy atom. The maximum absolute atomic E-state index is 12.2. The van der Waals surface area contributed by atoms with E-state index >= 15 is 0 Å². The van der Waals surface area contributed by atoms with Gasteiger partial charge in [-0.2, -0.15) is 5.10 Å². The number of nitrogens with zero attached hydrogens (tertiary/aromatic N) is 1. The Morgan fingerprint density at radius 1 is 1.00 bits per heavy atom. The molecule has 0 aliphatic carbocycles. The summed E-state index contributed by atoms with van der Waals surface area (Å²) in [6.07, 6.45) is 3.96. The molecule has 0 aromatic rings. The first-order chi connectivity index (χ1) is 8.61. The van der Waals surface area contributed by atoms with E-state index in [1.54, 1.807) is 0 Å². The molecule has 6 nitrogen and oxygen atoms in total. The van der Waals surface area contributed by atoms with Crippen molar-refractivity contribution in [3.05, 3.63) is 22.1 Å². The van der Waals surface area contributed by atoms with Gasteiger partial charge in [-0.1, -0.05) is 0 Å². The minimum Gasteiger partial charge on any atom is -0.266 e. The molecule has 108 valence electrons. The van der Waals surface area contributed by atoms with Gasteiger partial charge in [-0.3, -0.25) is 5.43 Å². The molecule has 8 heteroatoms. The van der Waals surface area contributed by atoms with Crippen molar-refractivity contribution in [3.8, 4) is 0 Å². The van der Waals surface area contributed by atoms with Crippen molar-refractivity contribution in [1.29, 1.82) is 0 Å². The summed E-state index contributed by atoms with van der Waals surface area (Å²) in [5.41, 5.74) is 2.33. The van der Waals surface area contributed by atoms with Crippen molar-refractivity contribution in [2.75, 3.05) is 0 Å². The van der Waals surface area contributed by atoms with E-state index in [2.05, 4.69) is 10.5 Å². The number of hydrogen-bond acceptors (Lipinski definition) is 6. The van der Waals surface area contributed by atoms with Crippen LogP contribution < -0.4 is 5.43 Å². The number of hydrogen-bond donors (Lipinski definition) is 1. The van der Waals surface area contributed by atoms with E-state index in [4.69, 9.17) is 0 Å². The standard InChI is InChI=1S/C11H18N2O4S2/c1-8(2)18(14,15)10-6-5-7-12-13-11(10)19(16,17)9(3)4/h5-9,13H,1-4H3. The van der Waals surface area contributed by atoms with Crippen molar-refractivity contribution in [2.45, 2.75) is 38.2 Å². The molecule has 1 aliphatic rings. The third-order valence-corrected chi connectivity index (χ3v) is 7.08. The van der Waals surface area contributed by atoms with Crippen LogP contribution >= 0.6 is 0 Å². The third-order valence-electron chi connectivity index (χ3n) is 2.63. The molecule has 1 heterocycles. The molecule has 0 saturated carbocycles. The summed E-state index contributed by atoms with van der Waals surface area (Å²) in [6.45, 7) is 5.98. The number of rotatable bonds is 4. The van der Waals surface area contributed by atoms with Gasteiger partial charge in [-0.25, -0.2) is 16.8 Å². The molecule has 0 spiro atoms. The van der Waals surface area contributed by atoms with Gasteiger partial charge in [-0.15, -0.1) is 0 Å². The van der Waals surface area contributed by atoms with Crippen LogP contribution in [0.4, 0.5) is 0 Å². The predicted octanol–water partition coefficient (Wildman–Crippen LogP) is 0.947. The van der Waals surface area contributed by atoms with E-state index < -0.39 is 30.2 Å². The largest absolute Gasteiger partial charge is 0.266 e. The van der Waals surface area contributed by atoms with Crippen LogP contribution in [0.25, 0.3) is 0 Å². The van der Waals surface area contributed by atoms with Crippen molar-refractivity contribution in [1.82, 2.24) is 5.43 Å². The Balaban J connectivity index is 3.64. The first-order valence-electron chi connectivity index (χ1n) is 5.79. The second kappa shape index (κ2) is 5.46. The van der Waals surface area contributed by atoms with E-state index in [-0.39, 0.29) is 9.93 Å². The molecule has 0 aromatic carbocycles. The SMILES string of the molecule is CC(C)S(=O)(=O)C1=C(S(=O)(=O)C(C)C)NN=CC=C1. The number of sulfone groups is 2. The first kappa shape index (κ1) is 15.9. The van der Waals surface area contributed by atoms with Crippen LogP contribution in [0.2, 0.25) is 0 Å². The number of hydrazone groups is 1. The molecule has 1 aliphatic heterocycles. The lowest BCUT2D eigenvalue weighted by Crippen LogP contribution is -2.28. The van der Waals surface area contributed by atoms with Gasteiger partial charge in [-0.05, 0) is 39.8 Å². The average molecular weight is 306 g/mol. The van der Waals surface area contributed by atoms with E-state index in [9.17, 15) is 16.8 Å². The van der Waals surface area contributed by atoms with Crippen LogP contribution in [-0.4, -0.2) is 33.6 Å². The van der Waals surface area contributed by atoms with Crippen molar-refractivity contribution in [3.63, 3.8) is 0 Å². The fourth-order valence-corrected chi connectivity index (χ4v) is 4.09. The molecule has 19 heavy (non-hydrogen) atoms. The summed E-state index contributed by atoms with van der Waals surface area (Å²) in [7, 11) is -7.48. The Bertz CT molecular complexity index is 638. The highest BCUT2D eigenvalue weighted by Crippen LogP contribution is 2.24. The number of allylic oxidation sites excluding steroid dienone is 2. The van der Waals surface area contributed by atoms with Crippen LogP contribution in [-0.2, 0) is 19.7 Å². The molecule has 0 radical (unpaired) electrons. The zero-order valence-corrected chi connectivity index (χ0v) is 12.9. The summed E-state index contributed by atoms with van der Waals surface area (Å²) in [5, 5.41) is 1.84. The lowest BCUT2D eigenvalue weighted by Gasteiger charge is -2.16. The average Bonchev–Trinajstić information content (AvgIpc) is 2.54. The lowest BCUT2D eigenvalue weighted by molar-refractivity contribution is 0.585. The van der Waals surface area contributed by atoms with Crippen LogP contribution in [0.15, 0.2) is 27.2 Å². The molecular weight excluding hydrogens is 288 g/mol. The minimum absolute atomic E-state index is 0.242. The topological polar surface area (TPSA) is 92.7 Å². The van der Waals surface area contributed by atoms with Crippen LogP contribution in [0.3, 0.4) is 0 Å². The lowest BCUT2D eigenvalue weighted by atomic mass is 10.5. The second-order valence-electron chi connectivity index (χ2n) is 4.63. The molecule has 0 bridgehead atoms. The highest BCUT2D eigenvalue weighted by atomic mass is 32.2. The van der Waals surface area contributed by atoms with E-state index in [0.717, 1.165) is 0 Å². The van der Waals surface area contributed by atoms with Gasteiger partial charge in [0.25, 0.3) is 0 Å². The normalized spacial score (nSPS) is 16.9. The van der Waals surface area contributed by atoms with Gasteiger partial charge in [0.15, 0.2) is 24.7 Å². The van der Waals surface area contributed by atoms with Crippen LogP contribution in [0.1, 0.15) is 27.7 Å². The smallest absolute Gasteiger partial charge is 0.198 e. The Labute approximate surface area is 114 Å². The van der Waals surface area contributed by atoms with Gasteiger partial charge in [0.1, 0.15) is 4.91 Å². The maximum Gasteiger partial charge on any atom is 0.198 e. The van der Waals surface area contributed by atoms with Crippen molar-refractivity contribution < 1.29 is 16.8 Å². The molecule has 0 saturated heterocycles. The fraction of sp³-hybridized carbons (Fsp3) is 0.545. The van der Waals surface area contributed by atoms with E-state index in [1.165, 1.54) is 46.1 Å². The summed E-state index contributed by atoms with van der Waals surface area (Å²) < 4.78 is 48.9. The Hall–Kier alpha value is -1.15. The van der Waals surface area contributed by atoms with Gasteiger partial charge in [0.2, 0.25) is 0 Å². The quantitative estimate of drug-likeness (QED) is 0.834. The van der Waals surface area contributed by atoms with Gasteiger partial charge >= 0.3 is 0 Å². The molecule has 0 fully saturated rings. The van der Waals surface area contributed by atoms with Crippen molar-refractivity contribution >= 4 is 25.9 Å². The van der Waals surface area contributed by atoms with Crippen LogP contribution in [0.5, 0.6) is 0 Å². The second-order valence-corrected chi connectivity index (χ2v) is 9.54. The minimum atomic E-state index is -3.76. The molecule has 0 unspecified atom stereocenters. The zero-order chi connectivity index (χ0) is 14.8. The first-order valence-corrected chi connectivity index (χ1v) is 8.89. The summed E-state index contributed by atoms with van der Waals surface area (Å²) in [5.74, 6) is 0. The zero-order valence-electron chi connectivity index (χ0n) is 11.3. The molecule has 1 N–H and O–H groups in total. The monoisotopic (exact) mass is 306 g/mol. The Morgan fingerprint density at radius 2 is 1.53 bits per heavy atom. The van der Waals surface area contributed by atoms with Crippen LogP contribution in [0, 0.1) is 0 Å². The third kappa shape index (κ3) is 3.06. The molecule has 0 aromatic heterocycles. The Kier molecular flexibility index (Phi) is 4.57. The number of nitrogens with one attached hydrogen (secondary N) is 1. The predicted molar refractivity (Wildman–Crippen MR) is 75.9 cm³/mol.